The summed E-state index contributed by atoms with van der Waals surface area (Å²) < 4.78 is 5.36. The van der Waals surface area contributed by atoms with E-state index in [1.807, 2.05) is 31.2 Å². The van der Waals surface area contributed by atoms with Gasteiger partial charge in [0.2, 0.25) is 5.91 Å². The number of carbonyl (C=O) groups excluding carboxylic acids is 1. The van der Waals surface area contributed by atoms with E-state index in [4.69, 9.17) is 16.2 Å². The largest absolute Gasteiger partial charge is 0.495 e. The molecule has 1 unspecified atom stereocenters. The van der Waals surface area contributed by atoms with Gasteiger partial charge >= 0.3 is 0 Å². The maximum atomic E-state index is 11.2. The van der Waals surface area contributed by atoms with E-state index in [-0.39, 0.29) is 11.8 Å². The second-order valence-electron chi connectivity index (χ2n) is 4.56. The van der Waals surface area contributed by atoms with Gasteiger partial charge in [-0.3, -0.25) is 4.79 Å². The highest BCUT2D eigenvalue weighted by Crippen LogP contribution is 2.28. The molecule has 0 radical (unpaired) electrons. The van der Waals surface area contributed by atoms with Crippen molar-refractivity contribution in [1.82, 2.24) is 0 Å². The van der Waals surface area contributed by atoms with Crippen LogP contribution in [0.15, 0.2) is 24.3 Å². The van der Waals surface area contributed by atoms with Gasteiger partial charge in [0.15, 0.2) is 0 Å². The van der Waals surface area contributed by atoms with Crippen LogP contribution in [0.3, 0.4) is 0 Å². The molecule has 0 aromatic heterocycles. The smallest absolute Gasteiger partial charge is 0.222 e. The number of ether oxygens (including phenoxy) is 1. The van der Waals surface area contributed by atoms with Crippen molar-refractivity contribution < 1.29 is 9.53 Å². The van der Waals surface area contributed by atoms with Gasteiger partial charge in [-0.2, -0.15) is 0 Å². The van der Waals surface area contributed by atoms with Crippen molar-refractivity contribution in [2.45, 2.75) is 13.3 Å². The summed E-state index contributed by atoms with van der Waals surface area (Å²) in [5.74, 6) is 0.270. The second kappa shape index (κ2) is 7.63. The first-order valence-corrected chi connectivity index (χ1v) is 6.47. The van der Waals surface area contributed by atoms with Gasteiger partial charge in [0.25, 0.3) is 0 Å². The second-order valence-corrected chi connectivity index (χ2v) is 4.56. The van der Waals surface area contributed by atoms with Crippen LogP contribution in [0.25, 0.3) is 0 Å². The van der Waals surface area contributed by atoms with Crippen LogP contribution in [0, 0.1) is 5.92 Å². The maximum Gasteiger partial charge on any atom is 0.222 e. The fourth-order valence-corrected chi connectivity index (χ4v) is 1.90. The summed E-state index contributed by atoms with van der Waals surface area (Å²) in [5.41, 5.74) is 11.9. The third-order valence-electron chi connectivity index (χ3n) is 3.04. The quantitative estimate of drug-likeness (QED) is 0.734. The lowest BCUT2D eigenvalue weighted by molar-refractivity contribution is -0.121. The highest BCUT2D eigenvalue weighted by Gasteiger charge is 2.17. The Morgan fingerprint density at radius 3 is 2.68 bits per heavy atom. The minimum Gasteiger partial charge on any atom is -0.495 e. The SMILES string of the molecule is COc1ccccc1N(CCCN)CC(C)C(N)=O. The lowest BCUT2D eigenvalue weighted by Gasteiger charge is -2.28. The fraction of sp³-hybridized carbons (Fsp3) is 0.500. The third-order valence-corrected chi connectivity index (χ3v) is 3.04. The van der Waals surface area contributed by atoms with Crippen LogP contribution in [0.1, 0.15) is 13.3 Å². The van der Waals surface area contributed by atoms with E-state index < -0.39 is 0 Å². The van der Waals surface area contributed by atoms with E-state index in [9.17, 15) is 4.79 Å². The molecule has 1 atom stereocenters. The van der Waals surface area contributed by atoms with E-state index in [1.54, 1.807) is 7.11 Å². The molecule has 19 heavy (non-hydrogen) atoms. The molecular weight excluding hydrogens is 242 g/mol. The van der Waals surface area contributed by atoms with Gasteiger partial charge in [-0.15, -0.1) is 0 Å². The average molecular weight is 265 g/mol. The van der Waals surface area contributed by atoms with Crippen molar-refractivity contribution in [2.24, 2.45) is 17.4 Å². The number of nitrogens with zero attached hydrogens (tertiary/aromatic N) is 1. The Bertz CT molecular complexity index is 409. The van der Waals surface area contributed by atoms with Gasteiger partial charge in [-0.25, -0.2) is 0 Å². The maximum absolute atomic E-state index is 11.2. The lowest BCUT2D eigenvalue weighted by atomic mass is 10.1. The molecule has 0 aliphatic heterocycles. The van der Waals surface area contributed by atoms with Crippen molar-refractivity contribution in [1.29, 1.82) is 0 Å². The number of carbonyl (C=O) groups is 1. The fourth-order valence-electron chi connectivity index (χ4n) is 1.90. The van der Waals surface area contributed by atoms with Crippen LogP contribution in [0.2, 0.25) is 0 Å². The van der Waals surface area contributed by atoms with E-state index >= 15 is 0 Å². The van der Waals surface area contributed by atoms with Crippen LogP contribution in [0.4, 0.5) is 5.69 Å². The lowest BCUT2D eigenvalue weighted by Crippen LogP contribution is -2.36. The van der Waals surface area contributed by atoms with E-state index in [0.29, 0.717) is 13.1 Å². The van der Waals surface area contributed by atoms with Crippen LogP contribution >= 0.6 is 0 Å². The molecule has 5 heteroatoms. The number of methoxy groups -OCH3 is 1. The predicted octanol–water partition coefficient (Wildman–Crippen LogP) is 0.972. The monoisotopic (exact) mass is 265 g/mol. The summed E-state index contributed by atoms with van der Waals surface area (Å²) in [6.45, 7) is 3.77. The molecule has 0 bridgehead atoms. The highest BCUT2D eigenvalue weighted by atomic mass is 16.5. The number of amides is 1. The summed E-state index contributed by atoms with van der Waals surface area (Å²) in [7, 11) is 1.64. The van der Waals surface area contributed by atoms with Gasteiger partial charge in [-0.1, -0.05) is 19.1 Å². The molecule has 4 N–H and O–H groups in total. The molecule has 0 fully saturated rings. The molecule has 0 spiro atoms. The van der Waals surface area contributed by atoms with Gasteiger partial charge in [0, 0.05) is 13.1 Å². The zero-order chi connectivity index (χ0) is 14.3. The number of anilines is 1. The van der Waals surface area contributed by atoms with Gasteiger partial charge in [0.1, 0.15) is 5.75 Å². The Labute approximate surface area is 114 Å². The Morgan fingerprint density at radius 1 is 1.42 bits per heavy atom. The third kappa shape index (κ3) is 4.44. The molecular formula is C14H23N3O2. The van der Waals surface area contributed by atoms with Crippen molar-refractivity contribution in [3.05, 3.63) is 24.3 Å². The number of rotatable bonds is 8. The molecule has 1 aromatic carbocycles. The minimum atomic E-state index is -0.298. The van der Waals surface area contributed by atoms with E-state index in [2.05, 4.69) is 4.90 Å². The van der Waals surface area contributed by atoms with Crippen molar-refractivity contribution in [2.75, 3.05) is 31.6 Å². The molecule has 0 saturated heterocycles. The number of hydrogen-bond donors (Lipinski definition) is 2. The van der Waals surface area contributed by atoms with E-state index in [0.717, 1.165) is 24.4 Å². The molecule has 1 aromatic rings. The topological polar surface area (TPSA) is 81.6 Å². The minimum absolute atomic E-state index is 0.220. The predicted molar refractivity (Wildman–Crippen MR) is 77.2 cm³/mol. The first kappa shape index (κ1) is 15.3. The Hall–Kier alpha value is -1.75. The standard InChI is InChI=1S/C14H23N3O2/c1-11(14(16)18)10-17(9-5-8-15)12-6-3-4-7-13(12)19-2/h3-4,6-7,11H,5,8-10,15H2,1-2H3,(H2,16,18). The molecule has 106 valence electrons. The normalized spacial score (nSPS) is 11.9. The Morgan fingerprint density at radius 2 is 2.11 bits per heavy atom. The Balaban J connectivity index is 2.91. The molecule has 5 nitrogen and oxygen atoms in total. The van der Waals surface area contributed by atoms with Crippen molar-refractivity contribution >= 4 is 11.6 Å². The van der Waals surface area contributed by atoms with Crippen LogP contribution in [-0.2, 0) is 4.79 Å². The molecule has 0 aliphatic rings. The first-order valence-electron chi connectivity index (χ1n) is 6.47. The number of primary amides is 1. The van der Waals surface area contributed by atoms with Crippen molar-refractivity contribution in [3.8, 4) is 5.75 Å². The number of nitrogens with two attached hydrogens (primary N) is 2. The summed E-state index contributed by atoms with van der Waals surface area (Å²) in [6, 6.07) is 7.74. The number of benzene rings is 1. The van der Waals surface area contributed by atoms with Crippen LogP contribution in [-0.4, -0.2) is 32.7 Å². The average Bonchev–Trinajstić information content (AvgIpc) is 2.43. The zero-order valence-electron chi connectivity index (χ0n) is 11.6. The number of para-hydroxylation sites is 2. The number of hydrogen-bond acceptors (Lipinski definition) is 4. The summed E-state index contributed by atoms with van der Waals surface area (Å²) >= 11 is 0. The van der Waals surface area contributed by atoms with Crippen molar-refractivity contribution in [3.63, 3.8) is 0 Å². The summed E-state index contributed by atoms with van der Waals surface area (Å²) in [4.78, 5) is 13.3. The van der Waals surface area contributed by atoms with Crippen LogP contribution in [0.5, 0.6) is 5.75 Å². The molecule has 1 rings (SSSR count). The molecule has 0 aliphatic carbocycles. The highest BCUT2D eigenvalue weighted by molar-refractivity contribution is 5.77. The first-order chi connectivity index (χ1) is 9.10. The van der Waals surface area contributed by atoms with Gasteiger partial charge in [0.05, 0.1) is 18.7 Å². The Kier molecular flexibility index (Phi) is 6.15. The summed E-state index contributed by atoms with van der Waals surface area (Å²) in [5, 5.41) is 0. The molecule has 1 amide bonds. The molecule has 0 saturated carbocycles. The summed E-state index contributed by atoms with van der Waals surface area (Å²) in [6.07, 6.45) is 0.851. The van der Waals surface area contributed by atoms with E-state index in [1.165, 1.54) is 0 Å². The zero-order valence-corrected chi connectivity index (χ0v) is 11.6. The van der Waals surface area contributed by atoms with Gasteiger partial charge < -0.3 is 21.1 Å². The van der Waals surface area contributed by atoms with Gasteiger partial charge in [-0.05, 0) is 25.1 Å². The molecule has 0 heterocycles. The van der Waals surface area contributed by atoms with Crippen LogP contribution < -0.4 is 21.1 Å².